The van der Waals surface area contributed by atoms with Crippen LogP contribution in [-0.4, -0.2) is 41.6 Å². The lowest BCUT2D eigenvalue weighted by Gasteiger charge is -2.16. The number of carbonyl (C=O) groups excluding carboxylic acids is 1. The number of ether oxygens (including phenoxy) is 1. The molecule has 0 bridgehead atoms. The highest BCUT2D eigenvalue weighted by atomic mass is 35.5. The fraction of sp³-hybridized carbons (Fsp3) is 0.429. The van der Waals surface area contributed by atoms with Crippen LogP contribution in [0.4, 0.5) is 0 Å². The predicted octanol–water partition coefficient (Wildman–Crippen LogP) is 1.96. The number of rotatable bonds is 4. The Kier molecular flexibility index (Phi) is 4.49. The van der Waals surface area contributed by atoms with Crippen molar-refractivity contribution in [3.63, 3.8) is 0 Å². The third kappa shape index (κ3) is 3.42. The van der Waals surface area contributed by atoms with E-state index >= 15 is 0 Å². The average Bonchev–Trinajstić information content (AvgIpc) is 2.89. The lowest BCUT2D eigenvalue weighted by molar-refractivity contribution is -0.141. The molecule has 0 radical (unpaired) electrons. The molecule has 1 unspecified atom stereocenters. The maximum atomic E-state index is 11.9. The summed E-state index contributed by atoms with van der Waals surface area (Å²) in [6, 6.07) is 5.18. The quantitative estimate of drug-likeness (QED) is 0.922. The molecule has 1 fully saturated rings. The molecule has 1 saturated heterocycles. The molecule has 1 aliphatic heterocycles. The minimum atomic E-state index is -0.852. The molecule has 1 heterocycles. The van der Waals surface area contributed by atoms with Crippen LogP contribution in [0.1, 0.15) is 12.0 Å². The van der Waals surface area contributed by atoms with Gasteiger partial charge in [0.05, 0.1) is 5.92 Å². The highest BCUT2D eigenvalue weighted by Gasteiger charge is 2.30. The molecular weight excluding hydrogens is 282 g/mol. The highest BCUT2D eigenvalue weighted by Crippen LogP contribution is 2.21. The summed E-state index contributed by atoms with van der Waals surface area (Å²) in [5.74, 6) is -0.929. The van der Waals surface area contributed by atoms with Crippen molar-refractivity contribution in [2.24, 2.45) is 5.92 Å². The number of hydrogen-bond acceptors (Lipinski definition) is 3. The predicted molar refractivity (Wildman–Crippen MR) is 74.0 cm³/mol. The number of nitrogens with zero attached hydrogens (tertiary/aromatic N) is 1. The van der Waals surface area contributed by atoms with E-state index in [9.17, 15) is 9.59 Å². The summed E-state index contributed by atoms with van der Waals surface area (Å²) in [4.78, 5) is 24.3. The van der Waals surface area contributed by atoms with Crippen LogP contribution in [0.25, 0.3) is 0 Å². The van der Waals surface area contributed by atoms with Gasteiger partial charge in [-0.1, -0.05) is 11.6 Å². The Morgan fingerprint density at radius 3 is 2.85 bits per heavy atom. The van der Waals surface area contributed by atoms with Gasteiger partial charge < -0.3 is 14.7 Å². The van der Waals surface area contributed by atoms with E-state index < -0.39 is 11.9 Å². The van der Waals surface area contributed by atoms with Gasteiger partial charge in [-0.15, -0.1) is 0 Å². The summed E-state index contributed by atoms with van der Waals surface area (Å²) >= 11 is 5.91. The molecule has 108 valence electrons. The van der Waals surface area contributed by atoms with Crippen molar-refractivity contribution < 1.29 is 19.4 Å². The highest BCUT2D eigenvalue weighted by molar-refractivity contribution is 6.31. The van der Waals surface area contributed by atoms with Gasteiger partial charge in [-0.05, 0) is 37.1 Å². The molecule has 2 rings (SSSR count). The van der Waals surface area contributed by atoms with Crippen LogP contribution in [0.15, 0.2) is 18.2 Å². The Hall–Kier alpha value is -1.75. The molecular formula is C14H16ClNO4. The number of likely N-dealkylation sites (tertiary alicyclic amines) is 1. The minimum Gasteiger partial charge on any atom is -0.484 e. The van der Waals surface area contributed by atoms with Crippen molar-refractivity contribution in [2.75, 3.05) is 19.7 Å². The van der Waals surface area contributed by atoms with Crippen LogP contribution >= 0.6 is 11.6 Å². The Balaban J connectivity index is 1.86. The molecule has 20 heavy (non-hydrogen) atoms. The van der Waals surface area contributed by atoms with Crippen molar-refractivity contribution in [3.05, 3.63) is 28.8 Å². The van der Waals surface area contributed by atoms with E-state index in [4.69, 9.17) is 21.4 Å². The lowest BCUT2D eigenvalue weighted by Crippen LogP contribution is -2.33. The Morgan fingerprint density at radius 1 is 1.50 bits per heavy atom. The number of carboxylic acids is 1. The van der Waals surface area contributed by atoms with Crippen molar-refractivity contribution in [2.45, 2.75) is 13.3 Å². The van der Waals surface area contributed by atoms with Crippen LogP contribution in [0.5, 0.6) is 5.75 Å². The number of amides is 1. The number of benzene rings is 1. The molecule has 1 amide bonds. The Labute approximate surface area is 122 Å². The van der Waals surface area contributed by atoms with Crippen LogP contribution < -0.4 is 4.74 Å². The fourth-order valence-corrected chi connectivity index (χ4v) is 2.25. The van der Waals surface area contributed by atoms with Crippen LogP contribution in [0.2, 0.25) is 5.02 Å². The van der Waals surface area contributed by atoms with E-state index in [0.717, 1.165) is 5.56 Å². The molecule has 0 aliphatic carbocycles. The average molecular weight is 298 g/mol. The van der Waals surface area contributed by atoms with E-state index in [1.807, 2.05) is 6.92 Å². The molecule has 1 N–H and O–H groups in total. The summed E-state index contributed by atoms with van der Waals surface area (Å²) in [6.07, 6.45) is 0.501. The molecule has 6 heteroatoms. The summed E-state index contributed by atoms with van der Waals surface area (Å²) < 4.78 is 5.41. The van der Waals surface area contributed by atoms with Gasteiger partial charge in [0, 0.05) is 18.1 Å². The van der Waals surface area contributed by atoms with Crippen LogP contribution in [-0.2, 0) is 9.59 Å². The second-order valence-electron chi connectivity index (χ2n) is 4.86. The van der Waals surface area contributed by atoms with Crippen molar-refractivity contribution >= 4 is 23.5 Å². The zero-order valence-electron chi connectivity index (χ0n) is 11.1. The van der Waals surface area contributed by atoms with Crippen LogP contribution in [0, 0.1) is 12.8 Å². The molecule has 0 saturated carbocycles. The van der Waals surface area contributed by atoms with E-state index in [0.29, 0.717) is 23.7 Å². The van der Waals surface area contributed by atoms with Gasteiger partial charge in [0.25, 0.3) is 5.91 Å². The van der Waals surface area contributed by atoms with Gasteiger partial charge in [0.15, 0.2) is 6.61 Å². The van der Waals surface area contributed by atoms with Gasteiger partial charge in [-0.3, -0.25) is 9.59 Å². The van der Waals surface area contributed by atoms with Crippen molar-refractivity contribution in [1.82, 2.24) is 4.90 Å². The van der Waals surface area contributed by atoms with Gasteiger partial charge in [-0.25, -0.2) is 0 Å². The number of carbonyl (C=O) groups is 2. The van der Waals surface area contributed by atoms with Crippen LogP contribution in [0.3, 0.4) is 0 Å². The van der Waals surface area contributed by atoms with Gasteiger partial charge in [0.2, 0.25) is 0 Å². The first kappa shape index (κ1) is 14.7. The molecule has 5 nitrogen and oxygen atoms in total. The van der Waals surface area contributed by atoms with Gasteiger partial charge in [-0.2, -0.15) is 0 Å². The van der Waals surface area contributed by atoms with Crippen molar-refractivity contribution in [3.8, 4) is 5.75 Å². The minimum absolute atomic E-state index is 0.0899. The van der Waals surface area contributed by atoms with E-state index in [1.54, 1.807) is 18.2 Å². The summed E-state index contributed by atoms with van der Waals surface area (Å²) in [7, 11) is 0. The summed E-state index contributed by atoms with van der Waals surface area (Å²) in [5.41, 5.74) is 0.878. The Bertz CT molecular complexity index is 532. The first-order chi connectivity index (χ1) is 9.47. The molecule has 1 aliphatic rings. The number of carboxylic acid groups (broad SMARTS) is 1. The number of aryl methyl sites for hydroxylation is 1. The number of hydrogen-bond donors (Lipinski definition) is 1. The standard InChI is InChI=1S/C14H16ClNO4/c1-9-6-11(2-3-12(9)15)20-8-13(17)16-5-4-10(7-16)14(18)19/h2-3,6,10H,4-5,7-8H2,1H3,(H,18,19). The smallest absolute Gasteiger partial charge is 0.308 e. The van der Waals surface area contributed by atoms with E-state index in [-0.39, 0.29) is 19.1 Å². The number of aliphatic carboxylic acids is 1. The topological polar surface area (TPSA) is 66.8 Å². The first-order valence-corrected chi connectivity index (χ1v) is 6.74. The lowest BCUT2D eigenvalue weighted by atomic mass is 10.1. The third-order valence-corrected chi connectivity index (χ3v) is 3.81. The van der Waals surface area contributed by atoms with E-state index in [2.05, 4.69) is 0 Å². The Morgan fingerprint density at radius 2 is 2.25 bits per heavy atom. The zero-order chi connectivity index (χ0) is 14.7. The molecule has 1 aromatic rings. The second-order valence-corrected chi connectivity index (χ2v) is 5.27. The maximum Gasteiger partial charge on any atom is 0.308 e. The fourth-order valence-electron chi connectivity index (χ4n) is 2.13. The number of halogens is 1. The monoisotopic (exact) mass is 297 g/mol. The normalized spacial score (nSPS) is 18.1. The molecule has 0 aromatic heterocycles. The van der Waals surface area contributed by atoms with E-state index in [1.165, 1.54) is 4.90 Å². The zero-order valence-corrected chi connectivity index (χ0v) is 11.9. The molecule has 1 atom stereocenters. The van der Waals surface area contributed by atoms with Gasteiger partial charge in [0.1, 0.15) is 5.75 Å². The SMILES string of the molecule is Cc1cc(OCC(=O)N2CCC(C(=O)O)C2)ccc1Cl. The molecule has 0 spiro atoms. The molecule has 1 aromatic carbocycles. The maximum absolute atomic E-state index is 11.9. The second kappa shape index (κ2) is 6.13. The summed E-state index contributed by atoms with van der Waals surface area (Å²) in [5, 5.41) is 9.54. The largest absolute Gasteiger partial charge is 0.484 e. The first-order valence-electron chi connectivity index (χ1n) is 6.37. The van der Waals surface area contributed by atoms with Gasteiger partial charge >= 0.3 is 5.97 Å². The van der Waals surface area contributed by atoms with Crippen molar-refractivity contribution in [1.29, 1.82) is 0 Å². The third-order valence-electron chi connectivity index (χ3n) is 3.38. The summed E-state index contributed by atoms with van der Waals surface area (Å²) in [6.45, 7) is 2.50.